The third-order valence-corrected chi connectivity index (χ3v) is 6.71. The van der Waals surface area contributed by atoms with Crippen LogP contribution in [0.15, 0.2) is 0 Å². The molecule has 27 heavy (non-hydrogen) atoms. The lowest BCUT2D eigenvalue weighted by Crippen LogP contribution is -2.32. The van der Waals surface area contributed by atoms with Crippen LogP contribution in [0.3, 0.4) is 0 Å². The van der Waals surface area contributed by atoms with E-state index in [4.69, 9.17) is 23.7 Å². The normalized spacial score (nSPS) is 12.9. The smallest absolute Gasteiger partial charge is 0.157 e. The zero-order chi connectivity index (χ0) is 20.2. The van der Waals surface area contributed by atoms with E-state index in [2.05, 4.69) is 11.8 Å². The first kappa shape index (κ1) is 27.6. The summed E-state index contributed by atoms with van der Waals surface area (Å²) in [7, 11) is 8.74. The van der Waals surface area contributed by atoms with Gasteiger partial charge in [-0.3, -0.25) is 0 Å². The first-order chi connectivity index (χ1) is 13.2. The summed E-state index contributed by atoms with van der Waals surface area (Å²) < 4.78 is 26.7. The van der Waals surface area contributed by atoms with Crippen LogP contribution in [0.4, 0.5) is 0 Å². The predicted octanol–water partition coefficient (Wildman–Crippen LogP) is 3.09. The van der Waals surface area contributed by atoms with Crippen LogP contribution in [0.5, 0.6) is 0 Å². The zero-order valence-corrected chi connectivity index (χ0v) is 20.1. The Morgan fingerprint density at radius 3 is 1.56 bits per heavy atom. The van der Waals surface area contributed by atoms with E-state index >= 15 is 0 Å². The van der Waals surface area contributed by atoms with Crippen molar-refractivity contribution < 1.29 is 23.7 Å². The van der Waals surface area contributed by atoms with Crippen molar-refractivity contribution in [1.82, 2.24) is 4.90 Å². The van der Waals surface area contributed by atoms with Gasteiger partial charge in [0, 0.05) is 67.5 Å². The highest BCUT2D eigenvalue weighted by Gasteiger charge is 2.08. The first-order valence-electron chi connectivity index (χ1n) is 10.0. The average Bonchev–Trinajstić information content (AvgIpc) is 2.70. The van der Waals surface area contributed by atoms with Gasteiger partial charge >= 0.3 is 0 Å². The van der Waals surface area contributed by atoms with E-state index < -0.39 is 0 Å². The van der Waals surface area contributed by atoms with Crippen molar-refractivity contribution in [2.75, 3.05) is 85.9 Å². The molecule has 0 aromatic heterocycles. The number of methoxy groups -OCH3 is 4. The Morgan fingerprint density at radius 2 is 1.15 bits per heavy atom. The molecule has 0 aromatic rings. The standard InChI is InChI=1S/C19H43NO5P2/c1-6-12-25-13-9-20(10-16-26-14-7-18(21-2)22-3)11-17-27-15-8-19(23-4)24-5/h18-19,26-27H,6-17H2,1-5H3. The Labute approximate surface area is 170 Å². The fourth-order valence-corrected chi connectivity index (χ4v) is 4.93. The van der Waals surface area contributed by atoms with E-state index in [0.717, 1.165) is 69.3 Å². The van der Waals surface area contributed by atoms with Gasteiger partial charge in [0.05, 0.1) is 6.61 Å². The SMILES string of the molecule is CCCOCCN(CCPCCC(OC)OC)CCPCCC(OC)OC. The zero-order valence-electron chi connectivity index (χ0n) is 18.1. The van der Waals surface area contributed by atoms with Gasteiger partial charge in [-0.15, -0.1) is 17.2 Å². The molecule has 0 fully saturated rings. The van der Waals surface area contributed by atoms with Gasteiger partial charge in [0.25, 0.3) is 0 Å². The number of hydrogen-bond acceptors (Lipinski definition) is 6. The summed E-state index contributed by atoms with van der Waals surface area (Å²) in [5.41, 5.74) is 0. The maximum absolute atomic E-state index is 5.69. The Bertz CT molecular complexity index is 273. The molecule has 0 aliphatic heterocycles. The van der Waals surface area contributed by atoms with Gasteiger partial charge in [0.1, 0.15) is 0 Å². The molecule has 0 aliphatic carbocycles. The summed E-state index contributed by atoms with van der Waals surface area (Å²) in [6.45, 7) is 7.20. The molecule has 0 aromatic carbocycles. The molecule has 0 amide bonds. The fraction of sp³-hybridized carbons (Fsp3) is 1.00. The number of rotatable bonds is 21. The molecule has 0 heterocycles. The average molecular weight is 428 g/mol. The largest absolute Gasteiger partial charge is 0.380 e. The van der Waals surface area contributed by atoms with Crippen molar-refractivity contribution in [2.45, 2.75) is 38.8 Å². The lowest BCUT2D eigenvalue weighted by Gasteiger charge is -2.22. The molecule has 0 bridgehead atoms. The Kier molecular flexibility index (Phi) is 21.8. The molecular formula is C19H43NO5P2. The molecule has 0 aliphatic rings. The van der Waals surface area contributed by atoms with E-state index in [1.807, 2.05) is 0 Å². The topological polar surface area (TPSA) is 49.4 Å². The van der Waals surface area contributed by atoms with Crippen molar-refractivity contribution in [3.8, 4) is 0 Å². The van der Waals surface area contributed by atoms with Gasteiger partial charge < -0.3 is 28.6 Å². The Balaban J connectivity index is 3.95. The van der Waals surface area contributed by atoms with Gasteiger partial charge in [-0.05, 0) is 31.1 Å². The Morgan fingerprint density at radius 1 is 0.667 bits per heavy atom. The second-order valence-electron chi connectivity index (χ2n) is 6.33. The maximum atomic E-state index is 5.69. The van der Waals surface area contributed by atoms with Crippen molar-refractivity contribution in [2.24, 2.45) is 0 Å². The van der Waals surface area contributed by atoms with Crippen LogP contribution < -0.4 is 0 Å². The van der Waals surface area contributed by atoms with Crippen LogP contribution in [0.1, 0.15) is 26.2 Å². The summed E-state index contributed by atoms with van der Waals surface area (Å²) in [6, 6.07) is 0. The summed E-state index contributed by atoms with van der Waals surface area (Å²) in [5.74, 6) is 0. The van der Waals surface area contributed by atoms with Crippen molar-refractivity contribution >= 4 is 17.2 Å². The molecular weight excluding hydrogens is 384 g/mol. The minimum absolute atomic E-state index is 0.0553. The first-order valence-corrected chi connectivity index (χ1v) is 12.9. The minimum Gasteiger partial charge on any atom is -0.380 e. The highest BCUT2D eigenvalue weighted by atomic mass is 31.1. The molecule has 164 valence electrons. The molecule has 0 rings (SSSR count). The van der Waals surface area contributed by atoms with Crippen LogP contribution in [0.25, 0.3) is 0 Å². The number of hydrogen-bond donors (Lipinski definition) is 0. The molecule has 0 spiro atoms. The van der Waals surface area contributed by atoms with Crippen molar-refractivity contribution in [3.05, 3.63) is 0 Å². The van der Waals surface area contributed by atoms with E-state index in [-0.39, 0.29) is 12.6 Å². The second kappa shape index (κ2) is 21.3. The van der Waals surface area contributed by atoms with Gasteiger partial charge in [0.15, 0.2) is 12.6 Å². The fourth-order valence-electron chi connectivity index (χ4n) is 2.60. The van der Waals surface area contributed by atoms with Gasteiger partial charge in [-0.2, -0.15) is 0 Å². The van der Waals surface area contributed by atoms with Crippen LogP contribution in [-0.4, -0.2) is 103 Å². The third-order valence-electron chi connectivity index (χ3n) is 4.28. The van der Waals surface area contributed by atoms with Crippen LogP contribution >= 0.6 is 17.2 Å². The second-order valence-corrected chi connectivity index (χ2v) is 9.33. The lowest BCUT2D eigenvalue weighted by molar-refractivity contribution is -0.102. The van der Waals surface area contributed by atoms with E-state index in [1.165, 1.54) is 24.6 Å². The van der Waals surface area contributed by atoms with Crippen LogP contribution in [0.2, 0.25) is 0 Å². The van der Waals surface area contributed by atoms with E-state index in [1.54, 1.807) is 28.4 Å². The summed E-state index contributed by atoms with van der Waals surface area (Å²) in [6.07, 6.45) is 7.76. The molecule has 0 radical (unpaired) electrons. The molecule has 0 N–H and O–H groups in total. The third kappa shape index (κ3) is 17.2. The molecule has 2 unspecified atom stereocenters. The molecule has 0 saturated heterocycles. The number of nitrogens with zero attached hydrogens (tertiary/aromatic N) is 1. The summed E-state index contributed by atoms with van der Waals surface area (Å²) in [4.78, 5) is 2.56. The van der Waals surface area contributed by atoms with Crippen LogP contribution in [0, 0.1) is 0 Å². The maximum Gasteiger partial charge on any atom is 0.157 e. The highest BCUT2D eigenvalue weighted by Crippen LogP contribution is 2.16. The van der Waals surface area contributed by atoms with Crippen molar-refractivity contribution in [1.29, 1.82) is 0 Å². The summed E-state index contributed by atoms with van der Waals surface area (Å²) >= 11 is 0. The lowest BCUT2D eigenvalue weighted by atomic mass is 10.5. The van der Waals surface area contributed by atoms with E-state index in [0.29, 0.717) is 0 Å². The van der Waals surface area contributed by atoms with Gasteiger partial charge in [-0.25, -0.2) is 0 Å². The highest BCUT2D eigenvalue weighted by molar-refractivity contribution is 7.38. The molecule has 6 nitrogen and oxygen atoms in total. The molecule has 2 atom stereocenters. The molecule has 0 saturated carbocycles. The van der Waals surface area contributed by atoms with Crippen molar-refractivity contribution in [3.63, 3.8) is 0 Å². The monoisotopic (exact) mass is 427 g/mol. The number of ether oxygens (including phenoxy) is 5. The van der Waals surface area contributed by atoms with Crippen LogP contribution in [-0.2, 0) is 23.7 Å². The summed E-state index contributed by atoms with van der Waals surface area (Å²) in [5, 5.41) is 0. The van der Waals surface area contributed by atoms with Gasteiger partial charge in [-0.1, -0.05) is 6.92 Å². The van der Waals surface area contributed by atoms with Gasteiger partial charge in [0.2, 0.25) is 0 Å². The quantitative estimate of drug-likeness (QED) is 0.159. The molecule has 8 heteroatoms. The Hall–Kier alpha value is 0.620. The predicted molar refractivity (Wildman–Crippen MR) is 118 cm³/mol. The van der Waals surface area contributed by atoms with E-state index in [9.17, 15) is 0 Å². The minimum atomic E-state index is -0.0553.